The molecule has 4 N–H and O–H groups in total. The Morgan fingerprint density at radius 1 is 1.25 bits per heavy atom. The van der Waals surface area contributed by atoms with Crippen LogP contribution in [0, 0.1) is 11.8 Å². The van der Waals surface area contributed by atoms with Crippen LogP contribution in [0.5, 0.6) is 0 Å². The fraction of sp³-hybridized carbons (Fsp3) is 0.682. The highest BCUT2D eigenvalue weighted by Gasteiger charge is 2.33. The zero-order valence-electron chi connectivity index (χ0n) is 18.2. The summed E-state index contributed by atoms with van der Waals surface area (Å²) in [4.78, 5) is 37.5. The van der Waals surface area contributed by atoms with Crippen molar-refractivity contribution < 1.29 is 24.6 Å². The monoisotopic (exact) mass is 483 g/mol. The van der Waals surface area contributed by atoms with E-state index in [-0.39, 0.29) is 17.7 Å². The minimum absolute atomic E-state index is 0.0353. The third-order valence-electron chi connectivity index (χ3n) is 6.32. The van der Waals surface area contributed by atoms with Crippen LogP contribution >= 0.6 is 23.1 Å². The molecule has 3 heterocycles. The van der Waals surface area contributed by atoms with Crippen molar-refractivity contribution in [3.05, 3.63) is 22.4 Å². The van der Waals surface area contributed by atoms with Gasteiger partial charge in [-0.05, 0) is 80.0 Å². The molecular weight excluding hydrogens is 450 g/mol. The Bertz CT molecular complexity index is 755. The summed E-state index contributed by atoms with van der Waals surface area (Å²) in [6, 6.07) is 1.50. The highest BCUT2D eigenvalue weighted by Crippen LogP contribution is 2.34. The van der Waals surface area contributed by atoms with Crippen LogP contribution in [0.25, 0.3) is 0 Å². The van der Waals surface area contributed by atoms with Crippen molar-refractivity contribution in [3.8, 4) is 0 Å². The normalized spacial score (nSPS) is 23.6. The first-order chi connectivity index (χ1) is 15.4. The van der Waals surface area contributed by atoms with Crippen molar-refractivity contribution in [2.75, 3.05) is 38.5 Å². The molecule has 1 amide bonds. The average Bonchev–Trinajstić information content (AvgIpc) is 3.26. The second kappa shape index (κ2) is 12.6. The van der Waals surface area contributed by atoms with Gasteiger partial charge in [-0.3, -0.25) is 14.4 Å². The largest absolute Gasteiger partial charge is 0.481 e. The minimum Gasteiger partial charge on any atom is -0.481 e. The summed E-state index contributed by atoms with van der Waals surface area (Å²) in [5.74, 6) is -1.35. The van der Waals surface area contributed by atoms with E-state index in [1.165, 1.54) is 4.90 Å². The number of nitrogens with zero attached hydrogens (tertiary/aromatic N) is 1. The van der Waals surface area contributed by atoms with Gasteiger partial charge in [-0.25, -0.2) is 0 Å². The van der Waals surface area contributed by atoms with E-state index in [4.69, 9.17) is 0 Å². The number of aliphatic carboxylic acids is 2. The lowest BCUT2D eigenvalue weighted by Crippen LogP contribution is -2.49. The summed E-state index contributed by atoms with van der Waals surface area (Å²) in [7, 11) is 0. The molecule has 0 bridgehead atoms. The molecule has 10 heteroatoms. The molecule has 0 saturated carbocycles. The highest BCUT2D eigenvalue weighted by molar-refractivity contribution is 7.99. The summed E-state index contributed by atoms with van der Waals surface area (Å²) in [5.41, 5.74) is 1.10. The van der Waals surface area contributed by atoms with Crippen molar-refractivity contribution in [2.45, 2.75) is 43.4 Å². The van der Waals surface area contributed by atoms with Crippen molar-refractivity contribution in [1.82, 2.24) is 15.5 Å². The molecule has 1 aromatic rings. The van der Waals surface area contributed by atoms with E-state index in [0.717, 1.165) is 37.9 Å². The number of carboxylic acid groups (broad SMARTS) is 2. The number of carbonyl (C=O) groups excluding carboxylic acids is 1. The molecule has 2 fully saturated rings. The zero-order chi connectivity index (χ0) is 22.9. The van der Waals surface area contributed by atoms with Crippen LogP contribution in [0.15, 0.2) is 16.8 Å². The summed E-state index contributed by atoms with van der Waals surface area (Å²) >= 11 is 3.23. The SMILES string of the molecule is O=C(O)CN1CC(c2ccsc2)SCC(NCCC(CCC2CCNCC2)C(=O)O)C1=O. The number of amides is 1. The van der Waals surface area contributed by atoms with Gasteiger partial charge in [-0.1, -0.05) is 0 Å². The lowest BCUT2D eigenvalue weighted by Gasteiger charge is -2.25. The van der Waals surface area contributed by atoms with Crippen molar-refractivity contribution in [1.29, 1.82) is 0 Å². The van der Waals surface area contributed by atoms with Crippen LogP contribution in [0.1, 0.15) is 42.9 Å². The minimum atomic E-state index is -1.03. The van der Waals surface area contributed by atoms with Gasteiger partial charge in [-0.15, -0.1) is 11.8 Å². The number of carboxylic acids is 2. The molecule has 3 unspecified atom stereocenters. The lowest BCUT2D eigenvalue weighted by molar-refractivity contribution is -0.145. The molecule has 0 aliphatic carbocycles. The molecule has 178 valence electrons. The van der Waals surface area contributed by atoms with E-state index >= 15 is 0 Å². The molecule has 0 spiro atoms. The van der Waals surface area contributed by atoms with Crippen molar-refractivity contribution in [3.63, 3.8) is 0 Å². The van der Waals surface area contributed by atoms with E-state index in [9.17, 15) is 24.6 Å². The van der Waals surface area contributed by atoms with Gasteiger partial charge < -0.3 is 25.7 Å². The van der Waals surface area contributed by atoms with E-state index in [1.54, 1.807) is 23.1 Å². The first-order valence-corrected chi connectivity index (χ1v) is 13.2. The Kier molecular flexibility index (Phi) is 9.83. The molecule has 2 aliphatic rings. The number of piperidine rings is 1. The number of thiophene rings is 1. The number of nitrogens with one attached hydrogen (secondary N) is 2. The molecule has 3 atom stereocenters. The van der Waals surface area contributed by atoms with Crippen LogP contribution < -0.4 is 10.6 Å². The van der Waals surface area contributed by atoms with Crippen LogP contribution in [0.4, 0.5) is 0 Å². The van der Waals surface area contributed by atoms with Gasteiger partial charge in [0.1, 0.15) is 6.54 Å². The molecule has 2 aliphatic heterocycles. The molecular formula is C22H33N3O5S2. The highest BCUT2D eigenvalue weighted by atomic mass is 32.2. The fourth-order valence-electron chi connectivity index (χ4n) is 4.39. The molecule has 3 rings (SSSR count). The average molecular weight is 484 g/mol. The van der Waals surface area contributed by atoms with Gasteiger partial charge in [0.2, 0.25) is 5.91 Å². The van der Waals surface area contributed by atoms with Crippen molar-refractivity contribution >= 4 is 40.9 Å². The Morgan fingerprint density at radius 2 is 2.03 bits per heavy atom. The summed E-state index contributed by atoms with van der Waals surface area (Å²) < 4.78 is 0. The van der Waals surface area contributed by atoms with E-state index in [2.05, 4.69) is 10.6 Å². The molecule has 0 aromatic carbocycles. The summed E-state index contributed by atoms with van der Waals surface area (Å²) in [6.07, 6.45) is 4.24. The zero-order valence-corrected chi connectivity index (χ0v) is 19.8. The topological polar surface area (TPSA) is 119 Å². The maximum Gasteiger partial charge on any atom is 0.323 e. The fourth-order valence-corrected chi connectivity index (χ4v) is 6.50. The molecule has 2 saturated heterocycles. The Morgan fingerprint density at radius 3 is 2.69 bits per heavy atom. The third-order valence-corrected chi connectivity index (χ3v) is 8.37. The van der Waals surface area contributed by atoms with E-state index in [1.807, 2.05) is 16.8 Å². The van der Waals surface area contributed by atoms with Gasteiger partial charge in [-0.2, -0.15) is 11.3 Å². The van der Waals surface area contributed by atoms with E-state index in [0.29, 0.717) is 37.6 Å². The van der Waals surface area contributed by atoms with Gasteiger partial charge in [0, 0.05) is 17.5 Å². The van der Waals surface area contributed by atoms with E-state index < -0.39 is 23.9 Å². The quantitative estimate of drug-likeness (QED) is 0.379. The lowest BCUT2D eigenvalue weighted by atomic mass is 9.88. The smallest absolute Gasteiger partial charge is 0.323 e. The number of hydrogen-bond acceptors (Lipinski definition) is 7. The molecule has 0 radical (unpaired) electrons. The summed E-state index contributed by atoms with van der Waals surface area (Å²) in [5, 5.41) is 29.5. The Labute approximate surface area is 197 Å². The van der Waals surface area contributed by atoms with Crippen LogP contribution in [-0.4, -0.2) is 77.5 Å². The molecule has 1 aromatic heterocycles. The first-order valence-electron chi connectivity index (χ1n) is 11.2. The maximum atomic E-state index is 13.0. The number of rotatable bonds is 11. The maximum absolute atomic E-state index is 13.0. The Balaban J connectivity index is 1.53. The summed E-state index contributed by atoms with van der Waals surface area (Å²) in [6.45, 7) is 2.46. The third kappa shape index (κ3) is 7.47. The van der Waals surface area contributed by atoms with Crippen molar-refractivity contribution in [2.24, 2.45) is 11.8 Å². The number of carbonyl (C=O) groups is 3. The van der Waals surface area contributed by atoms with Gasteiger partial charge in [0.15, 0.2) is 0 Å². The van der Waals surface area contributed by atoms with Crippen LogP contribution in [0.2, 0.25) is 0 Å². The van der Waals surface area contributed by atoms with Crippen LogP contribution in [-0.2, 0) is 14.4 Å². The van der Waals surface area contributed by atoms with Crippen LogP contribution in [0.3, 0.4) is 0 Å². The predicted octanol–water partition coefficient (Wildman–Crippen LogP) is 2.28. The Hall–Kier alpha value is -1.62. The number of hydrogen-bond donors (Lipinski definition) is 4. The predicted molar refractivity (Wildman–Crippen MR) is 126 cm³/mol. The first kappa shape index (κ1) is 25.0. The number of thioether (sulfide) groups is 1. The van der Waals surface area contributed by atoms with Gasteiger partial charge in [0.25, 0.3) is 0 Å². The standard InChI is InChI=1S/C22H33N3O5S2/c26-20(27)12-25-11-19(17-6-10-31-13-17)32-14-18(21(25)28)24-9-5-16(22(29)30)2-1-15-3-7-23-8-4-15/h6,10,13,15-16,18-19,23-24H,1-5,7-9,11-12,14H2,(H,26,27)(H,29,30). The molecule has 32 heavy (non-hydrogen) atoms. The second-order valence-electron chi connectivity index (χ2n) is 8.59. The second-order valence-corrected chi connectivity index (χ2v) is 10.6. The van der Waals surface area contributed by atoms with Gasteiger partial charge in [0.05, 0.1) is 12.0 Å². The van der Waals surface area contributed by atoms with Gasteiger partial charge >= 0.3 is 11.9 Å². The molecule has 8 nitrogen and oxygen atoms in total.